The van der Waals surface area contributed by atoms with Crippen molar-refractivity contribution < 1.29 is 9.59 Å². The molecule has 0 aliphatic carbocycles. The van der Waals surface area contributed by atoms with Gasteiger partial charge in [0.1, 0.15) is 6.54 Å². The maximum Gasteiger partial charge on any atom is 0.254 e. The van der Waals surface area contributed by atoms with E-state index in [1.54, 1.807) is 24.4 Å². The van der Waals surface area contributed by atoms with Crippen LogP contribution in [0.15, 0.2) is 24.4 Å². The monoisotopic (exact) mass is 399 g/mol. The van der Waals surface area contributed by atoms with E-state index in [1.165, 1.54) is 16.2 Å². The number of aryl methyl sites for hydroxylation is 1. The lowest BCUT2D eigenvalue weighted by atomic mass is 10.1. The SMILES string of the molecule is Cc1cnc(NC(=O)CN(CC(C)C)C(=O)c2cc(Cl)cc(Cl)c2)s1. The minimum absolute atomic E-state index is 0.0697. The summed E-state index contributed by atoms with van der Waals surface area (Å²) in [6.07, 6.45) is 1.69. The standard InChI is InChI=1S/C17H19Cl2N3O2S/c1-10(2)8-22(9-15(23)21-17-20-7-11(3)25-17)16(24)12-4-13(18)6-14(19)5-12/h4-7,10H,8-9H2,1-3H3,(H,20,21,23). The number of carbonyl (C=O) groups is 2. The Labute approximate surface area is 161 Å². The van der Waals surface area contributed by atoms with E-state index in [1.807, 2.05) is 20.8 Å². The van der Waals surface area contributed by atoms with Gasteiger partial charge in [-0.3, -0.25) is 9.59 Å². The smallest absolute Gasteiger partial charge is 0.254 e. The third-order valence-electron chi connectivity index (χ3n) is 3.18. The topological polar surface area (TPSA) is 62.3 Å². The largest absolute Gasteiger partial charge is 0.329 e. The second-order valence-electron chi connectivity index (χ2n) is 6.06. The fourth-order valence-corrected chi connectivity index (χ4v) is 3.47. The Balaban J connectivity index is 2.14. The highest BCUT2D eigenvalue weighted by Gasteiger charge is 2.21. The quantitative estimate of drug-likeness (QED) is 0.777. The van der Waals surface area contributed by atoms with Gasteiger partial charge in [0, 0.05) is 33.2 Å². The van der Waals surface area contributed by atoms with Gasteiger partial charge < -0.3 is 10.2 Å². The molecule has 2 aromatic rings. The number of amides is 2. The summed E-state index contributed by atoms with van der Waals surface area (Å²) in [7, 11) is 0. The maximum absolute atomic E-state index is 12.8. The summed E-state index contributed by atoms with van der Waals surface area (Å²) in [5, 5.41) is 3.99. The van der Waals surface area contributed by atoms with Crippen LogP contribution in [0.25, 0.3) is 0 Å². The van der Waals surface area contributed by atoms with Crippen LogP contribution < -0.4 is 5.32 Å². The fourth-order valence-electron chi connectivity index (χ4n) is 2.26. The average Bonchev–Trinajstić information content (AvgIpc) is 2.89. The second-order valence-corrected chi connectivity index (χ2v) is 8.17. The highest BCUT2D eigenvalue weighted by molar-refractivity contribution is 7.15. The number of hydrogen-bond donors (Lipinski definition) is 1. The van der Waals surface area contributed by atoms with Crippen molar-refractivity contribution in [3.8, 4) is 0 Å². The molecule has 0 aliphatic rings. The van der Waals surface area contributed by atoms with Crippen molar-refractivity contribution in [2.75, 3.05) is 18.4 Å². The van der Waals surface area contributed by atoms with Crippen LogP contribution in [-0.4, -0.2) is 34.8 Å². The van der Waals surface area contributed by atoms with Crippen LogP contribution >= 0.6 is 34.5 Å². The second kappa shape index (κ2) is 8.65. The average molecular weight is 400 g/mol. The molecule has 1 aromatic heterocycles. The highest BCUT2D eigenvalue weighted by Crippen LogP contribution is 2.21. The summed E-state index contributed by atoms with van der Waals surface area (Å²) < 4.78 is 0. The number of halogens is 2. The van der Waals surface area contributed by atoms with Crippen molar-refractivity contribution in [3.05, 3.63) is 44.9 Å². The van der Waals surface area contributed by atoms with Gasteiger partial charge in [-0.15, -0.1) is 11.3 Å². The Morgan fingerprint density at radius 1 is 1.24 bits per heavy atom. The van der Waals surface area contributed by atoms with Crippen LogP contribution in [-0.2, 0) is 4.79 Å². The summed E-state index contributed by atoms with van der Waals surface area (Å²) in [5.74, 6) is -0.381. The molecule has 0 unspecified atom stereocenters. The van der Waals surface area contributed by atoms with Crippen molar-refractivity contribution in [1.82, 2.24) is 9.88 Å². The molecule has 0 aliphatic heterocycles. The number of aromatic nitrogens is 1. The lowest BCUT2D eigenvalue weighted by molar-refractivity contribution is -0.117. The molecule has 0 saturated heterocycles. The molecular weight excluding hydrogens is 381 g/mol. The van der Waals surface area contributed by atoms with Crippen LogP contribution in [0.2, 0.25) is 10.0 Å². The lowest BCUT2D eigenvalue weighted by Gasteiger charge is -2.24. The summed E-state index contributed by atoms with van der Waals surface area (Å²) >= 11 is 13.3. The molecule has 0 bridgehead atoms. The number of nitrogens with one attached hydrogen (secondary N) is 1. The first-order valence-electron chi connectivity index (χ1n) is 7.72. The van der Waals surface area contributed by atoms with E-state index in [2.05, 4.69) is 10.3 Å². The van der Waals surface area contributed by atoms with Crippen LogP contribution in [0.3, 0.4) is 0 Å². The normalized spacial score (nSPS) is 10.8. The molecule has 134 valence electrons. The molecule has 25 heavy (non-hydrogen) atoms. The van der Waals surface area contributed by atoms with Crippen LogP contribution in [0.4, 0.5) is 5.13 Å². The van der Waals surface area contributed by atoms with Crippen LogP contribution in [0.1, 0.15) is 29.1 Å². The summed E-state index contributed by atoms with van der Waals surface area (Å²) in [6, 6.07) is 4.65. The van der Waals surface area contributed by atoms with E-state index in [4.69, 9.17) is 23.2 Å². The zero-order chi connectivity index (χ0) is 18.6. The van der Waals surface area contributed by atoms with Crippen molar-refractivity contribution >= 4 is 51.5 Å². The van der Waals surface area contributed by atoms with E-state index in [-0.39, 0.29) is 24.3 Å². The van der Waals surface area contributed by atoms with Crippen LogP contribution in [0.5, 0.6) is 0 Å². The van der Waals surface area contributed by atoms with Gasteiger partial charge in [-0.2, -0.15) is 0 Å². The van der Waals surface area contributed by atoms with Gasteiger partial charge in [-0.05, 0) is 31.0 Å². The number of nitrogens with zero attached hydrogens (tertiary/aromatic N) is 2. The van der Waals surface area contributed by atoms with Gasteiger partial charge in [-0.1, -0.05) is 37.0 Å². The lowest BCUT2D eigenvalue weighted by Crippen LogP contribution is -2.40. The Hall–Kier alpha value is -1.63. The Morgan fingerprint density at radius 3 is 2.40 bits per heavy atom. The molecule has 0 fully saturated rings. The molecule has 2 amide bonds. The van der Waals surface area contributed by atoms with E-state index >= 15 is 0 Å². The third-order valence-corrected chi connectivity index (χ3v) is 4.45. The zero-order valence-electron chi connectivity index (χ0n) is 14.2. The Morgan fingerprint density at radius 2 is 1.88 bits per heavy atom. The number of hydrogen-bond acceptors (Lipinski definition) is 4. The fraction of sp³-hybridized carbons (Fsp3) is 0.353. The molecule has 1 N–H and O–H groups in total. The molecule has 0 saturated carbocycles. The van der Waals surface area contributed by atoms with E-state index in [9.17, 15) is 9.59 Å². The number of thiazole rings is 1. The number of benzene rings is 1. The number of rotatable bonds is 6. The summed E-state index contributed by atoms with van der Waals surface area (Å²) in [6.45, 7) is 6.23. The van der Waals surface area contributed by atoms with Crippen molar-refractivity contribution in [3.63, 3.8) is 0 Å². The van der Waals surface area contributed by atoms with E-state index < -0.39 is 0 Å². The van der Waals surface area contributed by atoms with Gasteiger partial charge in [0.15, 0.2) is 5.13 Å². The van der Waals surface area contributed by atoms with Crippen molar-refractivity contribution in [2.45, 2.75) is 20.8 Å². The first-order chi connectivity index (χ1) is 11.7. The van der Waals surface area contributed by atoms with Gasteiger partial charge in [0.25, 0.3) is 5.91 Å². The van der Waals surface area contributed by atoms with E-state index in [0.717, 1.165) is 4.88 Å². The molecule has 0 spiro atoms. The Bertz CT molecular complexity index is 757. The molecule has 2 rings (SSSR count). The van der Waals surface area contributed by atoms with Crippen molar-refractivity contribution in [1.29, 1.82) is 0 Å². The van der Waals surface area contributed by atoms with Gasteiger partial charge >= 0.3 is 0 Å². The molecule has 5 nitrogen and oxygen atoms in total. The predicted molar refractivity (Wildman–Crippen MR) is 103 cm³/mol. The molecule has 1 aromatic carbocycles. The minimum Gasteiger partial charge on any atom is -0.329 e. The molecule has 8 heteroatoms. The molecule has 0 atom stereocenters. The van der Waals surface area contributed by atoms with Gasteiger partial charge in [0.2, 0.25) is 5.91 Å². The first-order valence-corrected chi connectivity index (χ1v) is 9.29. The first kappa shape index (κ1) is 19.7. The van der Waals surface area contributed by atoms with E-state index in [0.29, 0.717) is 27.3 Å². The molecular formula is C17H19Cl2N3O2S. The van der Waals surface area contributed by atoms with Crippen molar-refractivity contribution in [2.24, 2.45) is 5.92 Å². The predicted octanol–water partition coefficient (Wildman–Crippen LogP) is 4.50. The summed E-state index contributed by atoms with van der Waals surface area (Å²) in [5.41, 5.74) is 0.357. The van der Waals surface area contributed by atoms with Gasteiger partial charge in [-0.25, -0.2) is 4.98 Å². The Kier molecular flexibility index (Phi) is 6.81. The minimum atomic E-state index is -0.295. The number of anilines is 1. The molecule has 1 heterocycles. The number of carbonyl (C=O) groups excluding carboxylic acids is 2. The summed E-state index contributed by atoms with van der Waals surface area (Å²) in [4.78, 5) is 31.7. The van der Waals surface area contributed by atoms with Crippen LogP contribution in [0, 0.1) is 12.8 Å². The molecule has 0 radical (unpaired) electrons. The third kappa shape index (κ3) is 5.99. The highest BCUT2D eigenvalue weighted by atomic mass is 35.5. The zero-order valence-corrected chi connectivity index (χ0v) is 16.5. The van der Waals surface area contributed by atoms with Gasteiger partial charge in [0.05, 0.1) is 0 Å². The maximum atomic E-state index is 12.8.